The Morgan fingerprint density at radius 3 is 2.25 bits per heavy atom. The Bertz CT molecular complexity index is 375. The van der Waals surface area contributed by atoms with Crippen molar-refractivity contribution < 1.29 is 0 Å². The lowest BCUT2D eigenvalue weighted by Gasteiger charge is -2.22. The number of benzene rings is 1. The number of anilines is 1. The maximum absolute atomic E-state index is 3.70. The van der Waals surface area contributed by atoms with Crippen LogP contribution >= 0.6 is 0 Å². The first-order chi connectivity index (χ1) is 9.74. The highest BCUT2D eigenvalue weighted by Crippen LogP contribution is 2.27. The van der Waals surface area contributed by atoms with E-state index in [0.29, 0.717) is 6.04 Å². The molecule has 1 aromatic rings. The van der Waals surface area contributed by atoms with Gasteiger partial charge in [-0.3, -0.25) is 0 Å². The molecule has 0 spiro atoms. The van der Waals surface area contributed by atoms with Gasteiger partial charge in [0.1, 0.15) is 0 Å². The van der Waals surface area contributed by atoms with Gasteiger partial charge in [0.05, 0.1) is 0 Å². The number of nitrogens with zero attached hydrogens (tertiary/aromatic N) is 1. The molecule has 0 amide bonds. The van der Waals surface area contributed by atoms with Crippen LogP contribution in [-0.2, 0) is 6.54 Å². The van der Waals surface area contributed by atoms with Crippen molar-refractivity contribution in [2.24, 2.45) is 5.92 Å². The van der Waals surface area contributed by atoms with E-state index in [1.54, 1.807) is 0 Å². The highest BCUT2D eigenvalue weighted by Gasteiger charge is 2.20. The summed E-state index contributed by atoms with van der Waals surface area (Å²) in [6.07, 6.45) is 5.68. The van der Waals surface area contributed by atoms with E-state index in [9.17, 15) is 0 Å². The molecule has 0 unspecified atom stereocenters. The van der Waals surface area contributed by atoms with Crippen LogP contribution in [0.3, 0.4) is 0 Å². The second-order valence-electron chi connectivity index (χ2n) is 6.05. The summed E-state index contributed by atoms with van der Waals surface area (Å²) in [7, 11) is 0. The van der Waals surface area contributed by atoms with Gasteiger partial charge >= 0.3 is 0 Å². The average Bonchev–Trinajstić information content (AvgIpc) is 3.01. The molecule has 1 fully saturated rings. The Balaban J connectivity index is 1.84. The van der Waals surface area contributed by atoms with E-state index in [2.05, 4.69) is 55.3 Å². The van der Waals surface area contributed by atoms with E-state index in [4.69, 9.17) is 0 Å². The molecule has 1 aromatic carbocycles. The molecule has 20 heavy (non-hydrogen) atoms. The van der Waals surface area contributed by atoms with Crippen LogP contribution in [0.4, 0.5) is 5.69 Å². The first kappa shape index (κ1) is 15.4. The summed E-state index contributed by atoms with van der Waals surface area (Å²) >= 11 is 0. The molecular formula is C18H30N2. The Hall–Kier alpha value is -1.02. The van der Waals surface area contributed by atoms with E-state index >= 15 is 0 Å². The second kappa shape index (κ2) is 7.68. The molecule has 1 aliphatic rings. The van der Waals surface area contributed by atoms with Gasteiger partial charge in [0.25, 0.3) is 0 Å². The third-order valence-corrected chi connectivity index (χ3v) is 4.80. The Morgan fingerprint density at radius 2 is 1.70 bits per heavy atom. The lowest BCUT2D eigenvalue weighted by Crippen LogP contribution is -2.31. The number of rotatable bonds is 7. The Kier molecular flexibility index (Phi) is 5.90. The topological polar surface area (TPSA) is 15.3 Å². The predicted molar refractivity (Wildman–Crippen MR) is 88.3 cm³/mol. The summed E-state index contributed by atoms with van der Waals surface area (Å²) in [5, 5.41) is 3.70. The minimum atomic E-state index is 0.653. The molecule has 0 saturated heterocycles. The van der Waals surface area contributed by atoms with Crippen molar-refractivity contribution in [3.63, 3.8) is 0 Å². The summed E-state index contributed by atoms with van der Waals surface area (Å²) in [4.78, 5) is 2.39. The van der Waals surface area contributed by atoms with E-state index in [1.165, 1.54) is 36.9 Å². The summed E-state index contributed by atoms with van der Waals surface area (Å²) < 4.78 is 0. The minimum absolute atomic E-state index is 0.653. The van der Waals surface area contributed by atoms with Gasteiger partial charge in [0, 0.05) is 31.4 Å². The van der Waals surface area contributed by atoms with Crippen LogP contribution in [0.15, 0.2) is 24.3 Å². The molecule has 2 rings (SSSR count). The smallest absolute Gasteiger partial charge is 0.0366 e. The van der Waals surface area contributed by atoms with Gasteiger partial charge in [-0.15, -0.1) is 0 Å². The van der Waals surface area contributed by atoms with Crippen LogP contribution in [0.25, 0.3) is 0 Å². The third kappa shape index (κ3) is 3.99. The fourth-order valence-electron chi connectivity index (χ4n) is 3.32. The van der Waals surface area contributed by atoms with Crippen molar-refractivity contribution in [2.75, 3.05) is 18.0 Å². The minimum Gasteiger partial charge on any atom is -0.372 e. The molecule has 112 valence electrons. The van der Waals surface area contributed by atoms with Crippen molar-refractivity contribution in [3.05, 3.63) is 29.8 Å². The van der Waals surface area contributed by atoms with Crippen LogP contribution < -0.4 is 10.2 Å². The monoisotopic (exact) mass is 274 g/mol. The fraction of sp³-hybridized carbons (Fsp3) is 0.667. The van der Waals surface area contributed by atoms with Crippen molar-refractivity contribution >= 4 is 5.69 Å². The highest BCUT2D eigenvalue weighted by atomic mass is 15.1. The van der Waals surface area contributed by atoms with Gasteiger partial charge in [0.2, 0.25) is 0 Å². The maximum atomic E-state index is 3.70. The van der Waals surface area contributed by atoms with E-state index in [-0.39, 0.29) is 0 Å². The zero-order chi connectivity index (χ0) is 14.4. The lowest BCUT2D eigenvalue weighted by molar-refractivity contribution is 0.380. The van der Waals surface area contributed by atoms with Crippen LogP contribution in [0.1, 0.15) is 52.0 Å². The molecule has 2 nitrogen and oxygen atoms in total. The molecule has 0 radical (unpaired) electrons. The Morgan fingerprint density at radius 1 is 1.10 bits per heavy atom. The first-order valence-corrected chi connectivity index (χ1v) is 8.31. The molecule has 2 heteroatoms. The van der Waals surface area contributed by atoms with E-state index in [0.717, 1.165) is 25.6 Å². The predicted octanol–water partition coefficient (Wildman–Crippen LogP) is 4.20. The highest BCUT2D eigenvalue weighted by molar-refractivity contribution is 5.47. The number of hydrogen-bond acceptors (Lipinski definition) is 2. The molecule has 0 aromatic heterocycles. The SMILES string of the molecule is CCN(CC)c1ccc(CN[C@H](C)C2CCCC2)cc1. The van der Waals surface area contributed by atoms with Gasteiger partial charge < -0.3 is 10.2 Å². The van der Waals surface area contributed by atoms with Crippen molar-refractivity contribution in [2.45, 2.75) is 59.0 Å². The third-order valence-electron chi connectivity index (χ3n) is 4.80. The Labute approximate surface area is 124 Å². The first-order valence-electron chi connectivity index (χ1n) is 8.31. The quantitative estimate of drug-likeness (QED) is 0.801. The molecule has 1 atom stereocenters. The summed E-state index contributed by atoms with van der Waals surface area (Å²) in [6.45, 7) is 9.92. The van der Waals surface area contributed by atoms with Gasteiger partial charge in [0.15, 0.2) is 0 Å². The second-order valence-corrected chi connectivity index (χ2v) is 6.05. The van der Waals surface area contributed by atoms with Gasteiger partial charge in [-0.1, -0.05) is 25.0 Å². The summed E-state index contributed by atoms with van der Waals surface area (Å²) in [6, 6.07) is 9.69. The van der Waals surface area contributed by atoms with Crippen LogP contribution in [0.2, 0.25) is 0 Å². The van der Waals surface area contributed by atoms with Gasteiger partial charge in [-0.2, -0.15) is 0 Å². The molecule has 1 N–H and O–H groups in total. The normalized spacial score (nSPS) is 17.4. The summed E-state index contributed by atoms with van der Waals surface area (Å²) in [5.41, 5.74) is 2.73. The summed E-state index contributed by atoms with van der Waals surface area (Å²) in [5.74, 6) is 0.893. The van der Waals surface area contributed by atoms with Crippen LogP contribution in [0.5, 0.6) is 0 Å². The molecule has 0 heterocycles. The van der Waals surface area contributed by atoms with E-state index < -0.39 is 0 Å². The fourth-order valence-corrected chi connectivity index (χ4v) is 3.32. The molecule has 1 aliphatic carbocycles. The van der Waals surface area contributed by atoms with Crippen LogP contribution in [0, 0.1) is 5.92 Å². The van der Waals surface area contributed by atoms with Gasteiger partial charge in [-0.25, -0.2) is 0 Å². The number of hydrogen-bond donors (Lipinski definition) is 1. The molecule has 0 bridgehead atoms. The zero-order valence-corrected chi connectivity index (χ0v) is 13.4. The lowest BCUT2D eigenvalue weighted by atomic mass is 9.99. The van der Waals surface area contributed by atoms with E-state index in [1.807, 2.05) is 0 Å². The standard InChI is InChI=1S/C18H30N2/c1-4-20(5-2)18-12-10-16(11-13-18)14-19-15(3)17-8-6-7-9-17/h10-13,15,17,19H,4-9,14H2,1-3H3/t15-/m1/s1. The number of nitrogens with one attached hydrogen (secondary N) is 1. The largest absolute Gasteiger partial charge is 0.372 e. The molecular weight excluding hydrogens is 244 g/mol. The maximum Gasteiger partial charge on any atom is 0.0366 e. The zero-order valence-electron chi connectivity index (χ0n) is 13.4. The van der Waals surface area contributed by atoms with Crippen molar-refractivity contribution in [1.82, 2.24) is 5.32 Å². The van der Waals surface area contributed by atoms with Gasteiger partial charge in [-0.05, 0) is 57.2 Å². The van der Waals surface area contributed by atoms with Crippen molar-refractivity contribution in [3.8, 4) is 0 Å². The van der Waals surface area contributed by atoms with Crippen molar-refractivity contribution in [1.29, 1.82) is 0 Å². The average molecular weight is 274 g/mol. The molecule has 0 aliphatic heterocycles. The molecule has 1 saturated carbocycles. The van der Waals surface area contributed by atoms with Crippen LogP contribution in [-0.4, -0.2) is 19.1 Å².